The second kappa shape index (κ2) is 6.61. The zero-order valence-corrected chi connectivity index (χ0v) is 10.9. The summed E-state index contributed by atoms with van der Waals surface area (Å²) in [6.07, 6.45) is 10.0. The molecule has 2 nitrogen and oxygen atoms in total. The minimum absolute atomic E-state index is 0.742. The first-order valence-electron chi connectivity index (χ1n) is 7.34. The Balaban J connectivity index is 1.77. The van der Waals surface area contributed by atoms with E-state index in [4.69, 9.17) is 0 Å². The molecule has 2 heteroatoms. The molecule has 1 saturated carbocycles. The van der Waals surface area contributed by atoms with Crippen molar-refractivity contribution < 1.29 is 0 Å². The highest BCUT2D eigenvalue weighted by atomic mass is 15.2. The quantitative estimate of drug-likeness (QED) is 0.793. The normalized spacial score (nSPS) is 30.2. The van der Waals surface area contributed by atoms with Crippen molar-refractivity contribution in [2.75, 3.05) is 26.2 Å². The molecular weight excluding hydrogens is 196 g/mol. The molecule has 1 atom stereocenters. The predicted octanol–water partition coefficient (Wildman–Crippen LogP) is 2.64. The topological polar surface area (TPSA) is 15.3 Å². The van der Waals surface area contributed by atoms with Crippen LogP contribution in [0.4, 0.5) is 0 Å². The summed E-state index contributed by atoms with van der Waals surface area (Å²) in [5, 5.41) is 3.66. The molecule has 0 amide bonds. The Morgan fingerprint density at radius 2 is 1.94 bits per heavy atom. The van der Waals surface area contributed by atoms with Gasteiger partial charge in [-0.25, -0.2) is 0 Å². The molecule has 0 spiro atoms. The van der Waals surface area contributed by atoms with Crippen molar-refractivity contribution in [3.63, 3.8) is 0 Å². The van der Waals surface area contributed by atoms with E-state index in [1.165, 1.54) is 71.1 Å². The maximum Gasteiger partial charge on any atom is 0.0192 e. The van der Waals surface area contributed by atoms with Gasteiger partial charge in [0.05, 0.1) is 0 Å². The van der Waals surface area contributed by atoms with Crippen molar-refractivity contribution in [3.05, 3.63) is 0 Å². The van der Waals surface area contributed by atoms with Crippen molar-refractivity contribution in [3.8, 4) is 0 Å². The fourth-order valence-electron chi connectivity index (χ4n) is 3.25. The maximum absolute atomic E-state index is 3.66. The summed E-state index contributed by atoms with van der Waals surface area (Å²) in [5.74, 6) is 1.00. The molecule has 1 heterocycles. The number of rotatable bonds is 3. The average molecular weight is 224 g/mol. The number of nitrogens with one attached hydrogen (secondary N) is 1. The van der Waals surface area contributed by atoms with Crippen LogP contribution in [0.1, 0.15) is 51.9 Å². The molecule has 0 radical (unpaired) electrons. The standard InChI is InChI=1S/C14H28N2/c1-2-14-12-16(10-6-9-15-14)11-13-7-4-3-5-8-13/h13-15H,2-12H2,1H3. The van der Waals surface area contributed by atoms with Crippen LogP contribution in [0.3, 0.4) is 0 Å². The van der Waals surface area contributed by atoms with Crippen molar-refractivity contribution >= 4 is 0 Å². The molecule has 2 aliphatic rings. The van der Waals surface area contributed by atoms with Gasteiger partial charge in [-0.3, -0.25) is 0 Å². The molecule has 1 N–H and O–H groups in total. The lowest BCUT2D eigenvalue weighted by molar-refractivity contribution is 0.197. The van der Waals surface area contributed by atoms with E-state index in [0.717, 1.165) is 12.0 Å². The van der Waals surface area contributed by atoms with Crippen LogP contribution in [-0.2, 0) is 0 Å². The van der Waals surface area contributed by atoms with Crippen LogP contribution < -0.4 is 5.32 Å². The summed E-state index contributed by atoms with van der Waals surface area (Å²) < 4.78 is 0. The Morgan fingerprint density at radius 3 is 2.69 bits per heavy atom. The van der Waals surface area contributed by atoms with Gasteiger partial charge in [-0.1, -0.05) is 26.2 Å². The van der Waals surface area contributed by atoms with E-state index in [1.807, 2.05) is 0 Å². The molecule has 1 unspecified atom stereocenters. The first-order valence-corrected chi connectivity index (χ1v) is 7.34. The molecule has 0 aromatic heterocycles. The summed E-state index contributed by atoms with van der Waals surface area (Å²) in [7, 11) is 0. The highest BCUT2D eigenvalue weighted by Gasteiger charge is 2.20. The number of nitrogens with zero attached hydrogens (tertiary/aromatic N) is 1. The van der Waals surface area contributed by atoms with Crippen LogP contribution in [0.15, 0.2) is 0 Å². The molecule has 2 rings (SSSR count). The summed E-state index contributed by atoms with van der Waals surface area (Å²) in [4.78, 5) is 2.73. The molecular formula is C14H28N2. The number of hydrogen-bond donors (Lipinski definition) is 1. The fraction of sp³-hybridized carbons (Fsp3) is 1.00. The molecule has 1 saturated heterocycles. The minimum Gasteiger partial charge on any atom is -0.313 e. The highest BCUT2D eigenvalue weighted by Crippen LogP contribution is 2.24. The Morgan fingerprint density at radius 1 is 1.12 bits per heavy atom. The van der Waals surface area contributed by atoms with E-state index in [2.05, 4.69) is 17.1 Å². The van der Waals surface area contributed by atoms with E-state index in [-0.39, 0.29) is 0 Å². The first kappa shape index (κ1) is 12.4. The third kappa shape index (κ3) is 3.74. The van der Waals surface area contributed by atoms with Crippen molar-refractivity contribution in [1.29, 1.82) is 0 Å². The van der Waals surface area contributed by atoms with Gasteiger partial charge in [0.15, 0.2) is 0 Å². The Bertz CT molecular complexity index is 187. The van der Waals surface area contributed by atoms with E-state index in [0.29, 0.717) is 0 Å². The monoisotopic (exact) mass is 224 g/mol. The zero-order chi connectivity index (χ0) is 11.2. The van der Waals surface area contributed by atoms with E-state index in [1.54, 1.807) is 0 Å². The second-order valence-electron chi connectivity index (χ2n) is 5.68. The lowest BCUT2D eigenvalue weighted by Crippen LogP contribution is -2.39. The minimum atomic E-state index is 0.742. The molecule has 16 heavy (non-hydrogen) atoms. The van der Waals surface area contributed by atoms with E-state index in [9.17, 15) is 0 Å². The summed E-state index contributed by atoms with van der Waals surface area (Å²) in [6.45, 7) is 7.51. The fourth-order valence-corrected chi connectivity index (χ4v) is 3.25. The largest absolute Gasteiger partial charge is 0.313 e. The third-order valence-corrected chi connectivity index (χ3v) is 4.30. The van der Waals surface area contributed by atoms with Gasteiger partial charge >= 0.3 is 0 Å². The van der Waals surface area contributed by atoms with Gasteiger partial charge in [-0.05, 0) is 44.7 Å². The van der Waals surface area contributed by atoms with Gasteiger partial charge in [0, 0.05) is 19.1 Å². The molecule has 94 valence electrons. The van der Waals surface area contributed by atoms with Crippen LogP contribution in [0, 0.1) is 5.92 Å². The average Bonchev–Trinajstić information content (AvgIpc) is 2.55. The Kier molecular flexibility index (Phi) is 5.11. The molecule has 0 aromatic rings. The summed E-state index contributed by atoms with van der Waals surface area (Å²) >= 11 is 0. The van der Waals surface area contributed by atoms with Crippen LogP contribution in [0.2, 0.25) is 0 Å². The Labute approximate surface area is 101 Å². The first-order chi connectivity index (χ1) is 7.88. The summed E-state index contributed by atoms with van der Waals surface area (Å²) in [6, 6.07) is 0.742. The van der Waals surface area contributed by atoms with Gasteiger partial charge in [0.1, 0.15) is 0 Å². The lowest BCUT2D eigenvalue weighted by Gasteiger charge is -2.30. The van der Waals surface area contributed by atoms with Gasteiger partial charge in [0.25, 0.3) is 0 Å². The lowest BCUT2D eigenvalue weighted by atomic mass is 9.89. The van der Waals surface area contributed by atoms with Gasteiger partial charge in [-0.15, -0.1) is 0 Å². The van der Waals surface area contributed by atoms with Crippen LogP contribution in [0.5, 0.6) is 0 Å². The zero-order valence-electron chi connectivity index (χ0n) is 10.9. The van der Waals surface area contributed by atoms with E-state index < -0.39 is 0 Å². The molecule has 1 aliphatic carbocycles. The smallest absolute Gasteiger partial charge is 0.0192 e. The van der Waals surface area contributed by atoms with Gasteiger partial charge in [-0.2, -0.15) is 0 Å². The predicted molar refractivity (Wildman–Crippen MR) is 69.7 cm³/mol. The van der Waals surface area contributed by atoms with Crippen molar-refractivity contribution in [2.45, 2.75) is 57.9 Å². The summed E-state index contributed by atoms with van der Waals surface area (Å²) in [5.41, 5.74) is 0. The van der Waals surface area contributed by atoms with Gasteiger partial charge < -0.3 is 10.2 Å². The highest BCUT2D eigenvalue weighted by molar-refractivity contribution is 4.78. The van der Waals surface area contributed by atoms with Crippen molar-refractivity contribution in [2.24, 2.45) is 5.92 Å². The molecule has 0 aromatic carbocycles. The van der Waals surface area contributed by atoms with Crippen LogP contribution in [-0.4, -0.2) is 37.1 Å². The molecule has 0 bridgehead atoms. The molecule has 1 aliphatic heterocycles. The maximum atomic E-state index is 3.66. The van der Waals surface area contributed by atoms with Crippen LogP contribution in [0.25, 0.3) is 0 Å². The Hall–Kier alpha value is -0.0800. The molecule has 2 fully saturated rings. The van der Waals surface area contributed by atoms with E-state index >= 15 is 0 Å². The van der Waals surface area contributed by atoms with Gasteiger partial charge in [0.2, 0.25) is 0 Å². The second-order valence-corrected chi connectivity index (χ2v) is 5.68. The van der Waals surface area contributed by atoms with Crippen LogP contribution >= 0.6 is 0 Å². The third-order valence-electron chi connectivity index (χ3n) is 4.30. The number of hydrogen-bond acceptors (Lipinski definition) is 2. The van der Waals surface area contributed by atoms with Crippen molar-refractivity contribution in [1.82, 2.24) is 10.2 Å². The SMILES string of the molecule is CCC1CN(CC2CCCCC2)CCCN1.